The van der Waals surface area contributed by atoms with Crippen molar-refractivity contribution in [1.82, 2.24) is 14.9 Å². The summed E-state index contributed by atoms with van der Waals surface area (Å²) in [7, 11) is 0. The molecule has 2 atom stereocenters. The Morgan fingerprint density at radius 2 is 2.23 bits per heavy atom. The monoisotopic (exact) mass is 416 g/mol. The molecule has 0 saturated heterocycles. The Morgan fingerprint density at radius 3 is 2.97 bits per heavy atom. The van der Waals surface area contributed by atoms with Crippen LogP contribution < -0.4 is 10.6 Å². The average molecular weight is 416 g/mol. The summed E-state index contributed by atoms with van der Waals surface area (Å²) in [5.74, 6) is 0.225. The van der Waals surface area contributed by atoms with Gasteiger partial charge in [-0.1, -0.05) is 12.6 Å². The maximum Gasteiger partial charge on any atom is 0.254 e. The van der Waals surface area contributed by atoms with Crippen LogP contribution in [0, 0.1) is 13.5 Å². The van der Waals surface area contributed by atoms with Crippen LogP contribution in [-0.2, 0) is 11.3 Å². The molecular weight excluding hydrogens is 392 g/mol. The highest BCUT2D eigenvalue weighted by molar-refractivity contribution is 6.02. The lowest BCUT2D eigenvalue weighted by molar-refractivity contribution is -0.111. The molecule has 8 heteroatoms. The highest BCUT2D eigenvalue weighted by Crippen LogP contribution is 2.33. The maximum absolute atomic E-state index is 13.1. The maximum atomic E-state index is 13.1. The first kappa shape index (κ1) is 20.5. The van der Waals surface area contributed by atoms with Gasteiger partial charge in [0.1, 0.15) is 0 Å². The molecule has 2 N–H and O–H groups in total. The van der Waals surface area contributed by atoms with Crippen LogP contribution >= 0.6 is 0 Å². The van der Waals surface area contributed by atoms with Crippen molar-refractivity contribution in [3.63, 3.8) is 0 Å². The fourth-order valence-corrected chi connectivity index (χ4v) is 4.29. The second-order valence-corrected chi connectivity index (χ2v) is 7.94. The highest BCUT2D eigenvalue weighted by Gasteiger charge is 2.35. The molecule has 2 heterocycles. The topological polar surface area (TPSA) is 91.6 Å². The predicted molar refractivity (Wildman–Crippen MR) is 118 cm³/mol. The van der Waals surface area contributed by atoms with E-state index in [-0.39, 0.29) is 23.9 Å². The van der Waals surface area contributed by atoms with E-state index in [0.29, 0.717) is 35.1 Å². The van der Waals surface area contributed by atoms with Crippen LogP contribution in [0.3, 0.4) is 0 Å². The minimum Gasteiger partial charge on any atom is -0.351 e. The molecular formula is C23H24N6O2. The lowest BCUT2D eigenvalue weighted by Gasteiger charge is -2.35. The van der Waals surface area contributed by atoms with E-state index in [1.54, 1.807) is 19.2 Å². The second kappa shape index (κ2) is 8.56. The van der Waals surface area contributed by atoms with Crippen LogP contribution in [0.25, 0.3) is 4.85 Å². The fourth-order valence-electron chi connectivity index (χ4n) is 4.29. The molecule has 0 spiro atoms. The van der Waals surface area contributed by atoms with Crippen LogP contribution in [0.15, 0.2) is 37.1 Å². The number of benzene rings is 1. The highest BCUT2D eigenvalue weighted by atomic mass is 16.2. The number of amides is 2. The number of nitrogens with zero attached hydrogens (tertiary/aromatic N) is 4. The molecule has 8 nitrogen and oxygen atoms in total. The van der Waals surface area contributed by atoms with Gasteiger partial charge in [-0.2, -0.15) is 0 Å². The third kappa shape index (κ3) is 4.26. The first-order valence-corrected chi connectivity index (χ1v) is 10.3. The van der Waals surface area contributed by atoms with Gasteiger partial charge in [0.2, 0.25) is 17.5 Å². The number of nitrogens with one attached hydrogen (secondary N) is 2. The van der Waals surface area contributed by atoms with Gasteiger partial charge in [0.05, 0.1) is 6.57 Å². The van der Waals surface area contributed by atoms with Crippen molar-refractivity contribution in [2.75, 3.05) is 10.6 Å². The Morgan fingerprint density at radius 1 is 1.39 bits per heavy atom. The number of aryl methyl sites for hydroxylation is 1. The molecule has 1 aromatic heterocycles. The Kier molecular flexibility index (Phi) is 5.67. The number of hydrogen-bond acceptors (Lipinski definition) is 5. The molecule has 0 unspecified atom stereocenters. The smallest absolute Gasteiger partial charge is 0.254 e. The largest absolute Gasteiger partial charge is 0.351 e. The van der Waals surface area contributed by atoms with E-state index in [9.17, 15) is 9.59 Å². The summed E-state index contributed by atoms with van der Waals surface area (Å²) in [6.45, 7) is 13.0. The minimum atomic E-state index is -0.301. The van der Waals surface area contributed by atoms with Gasteiger partial charge >= 0.3 is 0 Å². The number of anilines is 2. The Hall–Kier alpha value is -3.73. The van der Waals surface area contributed by atoms with Crippen LogP contribution in [0.5, 0.6) is 0 Å². The van der Waals surface area contributed by atoms with Crippen molar-refractivity contribution in [1.29, 1.82) is 0 Å². The summed E-state index contributed by atoms with van der Waals surface area (Å²) in [5, 5.41) is 6.09. The van der Waals surface area contributed by atoms with Crippen LogP contribution in [0.1, 0.15) is 47.3 Å². The minimum absolute atomic E-state index is 0.00357. The van der Waals surface area contributed by atoms with E-state index in [1.807, 2.05) is 17.0 Å². The number of fused-ring (bicyclic) bond motifs is 1. The van der Waals surface area contributed by atoms with Gasteiger partial charge in [-0.15, -0.1) is 0 Å². The number of aromatic nitrogens is 2. The molecule has 2 aliphatic rings. The number of rotatable bonds is 5. The quantitative estimate of drug-likeness (QED) is 0.571. The van der Waals surface area contributed by atoms with Crippen molar-refractivity contribution < 1.29 is 9.59 Å². The predicted octanol–water partition coefficient (Wildman–Crippen LogP) is 3.84. The average Bonchev–Trinajstić information content (AvgIpc) is 3.10. The van der Waals surface area contributed by atoms with E-state index in [1.165, 1.54) is 6.08 Å². The molecule has 4 rings (SSSR count). The van der Waals surface area contributed by atoms with E-state index >= 15 is 0 Å². The molecule has 158 valence electrons. The van der Waals surface area contributed by atoms with Crippen molar-refractivity contribution in [2.45, 2.75) is 51.2 Å². The molecule has 1 aliphatic heterocycles. The number of carbonyl (C=O) groups is 2. The van der Waals surface area contributed by atoms with Gasteiger partial charge in [0.15, 0.2) is 0 Å². The molecule has 0 radical (unpaired) electrons. The summed E-state index contributed by atoms with van der Waals surface area (Å²) >= 11 is 0. The number of carbonyl (C=O) groups excluding carboxylic acids is 2. The van der Waals surface area contributed by atoms with Gasteiger partial charge in [0, 0.05) is 41.8 Å². The summed E-state index contributed by atoms with van der Waals surface area (Å²) in [4.78, 5) is 38.7. The standard InChI is InChI=1S/C23H24N6O2/c1-4-21(30)27-17-9-8-15-13-29(22(31)19(15)11-17)18-7-5-6-16(10-18)28-23-25-12-20(24-3)14(2)26-23/h4,8-9,11-12,16,18H,1,5-7,10,13H2,2H3,(H,27,30)(H,25,26,28)/t16-,18+/m1/s1. The van der Waals surface area contributed by atoms with Gasteiger partial charge in [-0.05, 0) is 56.4 Å². The van der Waals surface area contributed by atoms with E-state index < -0.39 is 0 Å². The van der Waals surface area contributed by atoms with Crippen LogP contribution in [0.4, 0.5) is 17.3 Å². The van der Waals surface area contributed by atoms with Crippen molar-refractivity contribution in [3.8, 4) is 0 Å². The third-order valence-electron chi connectivity index (χ3n) is 5.89. The van der Waals surface area contributed by atoms with Crippen molar-refractivity contribution in [3.05, 3.63) is 65.3 Å². The van der Waals surface area contributed by atoms with Crippen LogP contribution in [0.2, 0.25) is 0 Å². The second-order valence-electron chi connectivity index (χ2n) is 7.94. The lowest BCUT2D eigenvalue weighted by atomic mass is 9.90. The van der Waals surface area contributed by atoms with Gasteiger partial charge < -0.3 is 15.5 Å². The van der Waals surface area contributed by atoms with E-state index in [2.05, 4.69) is 32.0 Å². The lowest BCUT2D eigenvalue weighted by Crippen LogP contribution is -2.42. The normalized spacial score (nSPS) is 20.0. The van der Waals surface area contributed by atoms with Crippen LogP contribution in [-0.4, -0.2) is 38.8 Å². The molecule has 2 aromatic rings. The Bertz CT molecular complexity index is 1090. The molecule has 1 fully saturated rings. The zero-order valence-corrected chi connectivity index (χ0v) is 17.4. The first-order valence-electron chi connectivity index (χ1n) is 10.3. The van der Waals surface area contributed by atoms with Gasteiger partial charge in [-0.25, -0.2) is 14.8 Å². The summed E-state index contributed by atoms with van der Waals surface area (Å²) < 4.78 is 0. The molecule has 31 heavy (non-hydrogen) atoms. The SMILES string of the molecule is [C-]#[N+]c1cnc(N[C@@H]2CCC[C@H](N3Cc4ccc(NC(=O)C=C)cc4C3=O)C2)nc1C. The summed E-state index contributed by atoms with van der Waals surface area (Å²) in [6, 6.07) is 5.75. The van der Waals surface area contributed by atoms with Crippen molar-refractivity contribution >= 4 is 29.1 Å². The van der Waals surface area contributed by atoms with E-state index in [4.69, 9.17) is 6.57 Å². The van der Waals surface area contributed by atoms with E-state index in [0.717, 1.165) is 31.2 Å². The molecule has 0 bridgehead atoms. The van der Waals surface area contributed by atoms with Crippen molar-refractivity contribution in [2.24, 2.45) is 0 Å². The Balaban J connectivity index is 1.44. The zero-order chi connectivity index (χ0) is 22.0. The number of hydrogen-bond donors (Lipinski definition) is 2. The first-order chi connectivity index (χ1) is 15.0. The molecule has 2 amide bonds. The molecule has 1 aromatic carbocycles. The molecule has 1 saturated carbocycles. The zero-order valence-electron chi connectivity index (χ0n) is 17.4. The third-order valence-corrected chi connectivity index (χ3v) is 5.89. The summed E-state index contributed by atoms with van der Waals surface area (Å²) in [6.07, 6.45) is 6.50. The fraction of sp³-hybridized carbons (Fsp3) is 0.348. The summed E-state index contributed by atoms with van der Waals surface area (Å²) in [5.41, 5.74) is 3.33. The Labute approximate surface area is 181 Å². The molecule has 1 aliphatic carbocycles. The van der Waals surface area contributed by atoms with Gasteiger partial charge in [-0.3, -0.25) is 9.59 Å². The van der Waals surface area contributed by atoms with Gasteiger partial charge in [0.25, 0.3) is 5.91 Å².